The lowest BCUT2D eigenvalue weighted by Crippen LogP contribution is -2.27. The fourth-order valence-electron chi connectivity index (χ4n) is 2.80. The molecule has 3 N–H and O–H groups in total. The van der Waals surface area contributed by atoms with Gasteiger partial charge in [0.2, 0.25) is 5.91 Å². The molecule has 6 nitrogen and oxygen atoms in total. The summed E-state index contributed by atoms with van der Waals surface area (Å²) < 4.78 is 1.80. The first kappa shape index (κ1) is 23.6. The molecule has 0 spiro atoms. The van der Waals surface area contributed by atoms with Crippen LogP contribution in [0.4, 0.5) is 0 Å². The van der Waals surface area contributed by atoms with Crippen molar-refractivity contribution in [1.82, 2.24) is 20.1 Å². The van der Waals surface area contributed by atoms with Crippen molar-refractivity contribution in [2.24, 2.45) is 5.73 Å². The Morgan fingerprint density at radius 3 is 2.43 bits per heavy atom. The van der Waals surface area contributed by atoms with Gasteiger partial charge in [-0.25, -0.2) is 9.67 Å². The van der Waals surface area contributed by atoms with Gasteiger partial charge in [-0.15, -0.1) is 24.8 Å². The Morgan fingerprint density at radius 1 is 1.14 bits per heavy atom. The highest BCUT2D eigenvalue weighted by Gasteiger charge is 2.11. The lowest BCUT2D eigenvalue weighted by atomic mass is 10.0. The summed E-state index contributed by atoms with van der Waals surface area (Å²) in [5.74, 6) is 0.681. The number of rotatable bonds is 6. The maximum Gasteiger partial charge on any atom is 0.222 e. The van der Waals surface area contributed by atoms with Crippen LogP contribution in [0.5, 0.6) is 0 Å². The summed E-state index contributed by atoms with van der Waals surface area (Å²) in [5, 5.41) is 7.31. The molecule has 0 radical (unpaired) electrons. The minimum atomic E-state index is -0.303. The Labute approximate surface area is 177 Å². The quantitative estimate of drug-likeness (QED) is 0.637. The average Bonchev–Trinajstić information content (AvgIpc) is 2.99. The van der Waals surface area contributed by atoms with Crippen LogP contribution in [0.15, 0.2) is 54.7 Å². The predicted octanol–water partition coefficient (Wildman–Crippen LogP) is 3.43. The van der Waals surface area contributed by atoms with Gasteiger partial charge in [0.05, 0.1) is 5.69 Å². The van der Waals surface area contributed by atoms with E-state index in [1.807, 2.05) is 62.4 Å². The third kappa shape index (κ3) is 6.05. The molecule has 0 aliphatic rings. The first-order valence-electron chi connectivity index (χ1n) is 8.59. The van der Waals surface area contributed by atoms with E-state index in [4.69, 9.17) is 5.73 Å². The molecule has 1 amide bonds. The molecular weight excluding hydrogens is 397 g/mol. The molecule has 0 saturated heterocycles. The highest BCUT2D eigenvalue weighted by Crippen LogP contribution is 2.13. The second-order valence-corrected chi connectivity index (χ2v) is 6.36. The molecule has 150 valence electrons. The van der Waals surface area contributed by atoms with Crippen molar-refractivity contribution in [2.45, 2.75) is 32.9 Å². The number of hydrogen-bond acceptors (Lipinski definition) is 4. The van der Waals surface area contributed by atoms with E-state index >= 15 is 0 Å². The Bertz CT molecular complexity index is 881. The third-order valence-corrected chi connectivity index (χ3v) is 4.16. The van der Waals surface area contributed by atoms with E-state index in [1.54, 1.807) is 10.9 Å². The highest BCUT2D eigenvalue weighted by molar-refractivity contribution is 5.85. The highest BCUT2D eigenvalue weighted by atomic mass is 35.5. The molecule has 3 rings (SSSR count). The van der Waals surface area contributed by atoms with Gasteiger partial charge in [-0.05, 0) is 37.1 Å². The van der Waals surface area contributed by atoms with Crippen LogP contribution in [0.3, 0.4) is 0 Å². The van der Waals surface area contributed by atoms with Gasteiger partial charge in [-0.3, -0.25) is 4.79 Å². The number of aromatic nitrogens is 3. The van der Waals surface area contributed by atoms with Crippen LogP contribution >= 0.6 is 24.8 Å². The van der Waals surface area contributed by atoms with Gasteiger partial charge < -0.3 is 11.1 Å². The maximum atomic E-state index is 12.1. The van der Waals surface area contributed by atoms with Crippen molar-refractivity contribution in [3.63, 3.8) is 0 Å². The van der Waals surface area contributed by atoms with Gasteiger partial charge in [0.1, 0.15) is 0 Å². The Balaban J connectivity index is 0.00000196. The number of nitrogens with zero attached hydrogens (tertiary/aromatic N) is 3. The molecule has 0 aliphatic heterocycles. The number of amides is 1. The standard InChI is InChI=1S/C20H23N5O.2ClH/c1-14-10-15(2)25(24-14)19-9-8-16(12-22-19)13-23-20(26)11-18(21)17-6-4-3-5-7-17;;/h3-10,12,18H,11,13,21H2,1-2H3,(H,23,26);2*1H. The smallest absolute Gasteiger partial charge is 0.222 e. The van der Waals surface area contributed by atoms with E-state index in [0.29, 0.717) is 6.54 Å². The summed E-state index contributed by atoms with van der Waals surface area (Å²) in [7, 11) is 0. The fraction of sp³-hybridized carbons (Fsp3) is 0.250. The molecular formula is C20H25Cl2N5O. The lowest BCUT2D eigenvalue weighted by Gasteiger charge is -2.12. The van der Waals surface area contributed by atoms with Crippen LogP contribution in [0.2, 0.25) is 0 Å². The molecule has 0 fully saturated rings. The number of halogens is 2. The van der Waals surface area contributed by atoms with E-state index in [2.05, 4.69) is 15.4 Å². The van der Waals surface area contributed by atoms with Crippen LogP contribution in [0.1, 0.15) is 35.0 Å². The molecule has 1 atom stereocenters. The van der Waals surface area contributed by atoms with Crippen LogP contribution in [-0.4, -0.2) is 20.7 Å². The van der Waals surface area contributed by atoms with Crippen LogP contribution in [-0.2, 0) is 11.3 Å². The van der Waals surface area contributed by atoms with Gasteiger partial charge in [0.15, 0.2) is 5.82 Å². The molecule has 28 heavy (non-hydrogen) atoms. The number of carbonyl (C=O) groups excluding carboxylic acids is 1. The van der Waals surface area contributed by atoms with Crippen LogP contribution in [0.25, 0.3) is 5.82 Å². The van der Waals surface area contributed by atoms with E-state index < -0.39 is 0 Å². The Morgan fingerprint density at radius 2 is 1.86 bits per heavy atom. The molecule has 2 aromatic heterocycles. The SMILES string of the molecule is Cc1cc(C)n(-c2ccc(CNC(=O)CC(N)c3ccccc3)cn2)n1.Cl.Cl. The second kappa shape index (κ2) is 10.8. The molecule has 0 aliphatic carbocycles. The van der Waals surface area contributed by atoms with Gasteiger partial charge in [-0.1, -0.05) is 36.4 Å². The summed E-state index contributed by atoms with van der Waals surface area (Å²) in [6.45, 7) is 4.37. The fourth-order valence-corrected chi connectivity index (χ4v) is 2.80. The van der Waals surface area contributed by atoms with Crippen molar-refractivity contribution in [3.8, 4) is 5.82 Å². The van der Waals surface area contributed by atoms with Gasteiger partial charge >= 0.3 is 0 Å². The molecule has 1 aromatic carbocycles. The maximum absolute atomic E-state index is 12.1. The van der Waals surface area contributed by atoms with Crippen molar-refractivity contribution in [1.29, 1.82) is 0 Å². The largest absolute Gasteiger partial charge is 0.352 e. The minimum absolute atomic E-state index is 0. The average molecular weight is 422 g/mol. The van der Waals surface area contributed by atoms with Gasteiger partial charge in [0, 0.05) is 30.9 Å². The zero-order valence-corrected chi connectivity index (χ0v) is 17.5. The molecule has 8 heteroatoms. The summed E-state index contributed by atoms with van der Waals surface area (Å²) in [5.41, 5.74) is 9.95. The predicted molar refractivity (Wildman–Crippen MR) is 115 cm³/mol. The Hall–Kier alpha value is -2.41. The summed E-state index contributed by atoms with van der Waals surface area (Å²) in [4.78, 5) is 16.5. The van der Waals surface area contributed by atoms with Crippen molar-refractivity contribution in [2.75, 3.05) is 0 Å². The van der Waals surface area contributed by atoms with E-state index in [-0.39, 0.29) is 43.2 Å². The van der Waals surface area contributed by atoms with E-state index in [1.165, 1.54) is 0 Å². The van der Waals surface area contributed by atoms with Crippen molar-refractivity contribution >= 4 is 30.7 Å². The number of aryl methyl sites for hydroxylation is 2. The zero-order valence-electron chi connectivity index (χ0n) is 15.8. The minimum Gasteiger partial charge on any atom is -0.352 e. The number of pyridine rings is 1. The number of carbonyl (C=O) groups is 1. The van der Waals surface area contributed by atoms with Crippen molar-refractivity contribution in [3.05, 3.63) is 77.2 Å². The zero-order chi connectivity index (χ0) is 18.5. The van der Waals surface area contributed by atoms with Crippen LogP contribution < -0.4 is 11.1 Å². The monoisotopic (exact) mass is 421 g/mol. The molecule has 0 bridgehead atoms. The Kier molecular flexibility index (Phi) is 9.12. The third-order valence-electron chi connectivity index (χ3n) is 4.16. The van der Waals surface area contributed by atoms with Gasteiger partial charge in [-0.2, -0.15) is 5.10 Å². The summed E-state index contributed by atoms with van der Waals surface area (Å²) >= 11 is 0. The molecule has 3 aromatic rings. The second-order valence-electron chi connectivity index (χ2n) is 6.36. The van der Waals surface area contributed by atoms with E-state index in [0.717, 1.165) is 28.3 Å². The number of nitrogens with two attached hydrogens (primary N) is 1. The molecule has 0 saturated carbocycles. The topological polar surface area (TPSA) is 85.8 Å². The molecule has 2 heterocycles. The molecule has 1 unspecified atom stereocenters. The first-order chi connectivity index (χ1) is 12.5. The van der Waals surface area contributed by atoms with E-state index in [9.17, 15) is 4.79 Å². The number of hydrogen-bond donors (Lipinski definition) is 2. The lowest BCUT2D eigenvalue weighted by molar-refractivity contribution is -0.121. The summed E-state index contributed by atoms with van der Waals surface area (Å²) in [6, 6.07) is 15.2. The van der Waals surface area contributed by atoms with Crippen molar-refractivity contribution < 1.29 is 4.79 Å². The normalized spacial score (nSPS) is 11.1. The summed E-state index contributed by atoms with van der Waals surface area (Å²) in [6.07, 6.45) is 2.00. The van der Waals surface area contributed by atoms with Gasteiger partial charge in [0.25, 0.3) is 0 Å². The first-order valence-corrected chi connectivity index (χ1v) is 8.59. The number of benzene rings is 1. The number of nitrogens with one attached hydrogen (secondary N) is 1. The van der Waals surface area contributed by atoms with Crippen LogP contribution in [0, 0.1) is 13.8 Å².